The summed E-state index contributed by atoms with van der Waals surface area (Å²) < 4.78 is 40.0. The van der Waals surface area contributed by atoms with E-state index in [-0.39, 0.29) is 30.5 Å². The molecule has 1 fully saturated rings. The lowest BCUT2D eigenvalue weighted by atomic mass is 10.1. The molecule has 0 aliphatic carbocycles. The fraction of sp³-hybridized carbons (Fsp3) is 0.455. The average Bonchev–Trinajstić information content (AvgIpc) is 2.76. The van der Waals surface area contributed by atoms with E-state index in [9.17, 15) is 13.2 Å². The molecule has 0 bridgehead atoms. The summed E-state index contributed by atoms with van der Waals surface area (Å²) in [6, 6.07) is 9.60. The second-order valence-electron chi connectivity index (χ2n) is 7.50. The first kappa shape index (κ1) is 26.2. The largest absolute Gasteiger partial charge is 0.416 e. The van der Waals surface area contributed by atoms with Crippen molar-refractivity contribution in [2.75, 3.05) is 44.7 Å². The third kappa shape index (κ3) is 7.51. The first-order chi connectivity index (χ1) is 14.9. The van der Waals surface area contributed by atoms with Crippen LogP contribution in [0.5, 0.6) is 0 Å². The molecule has 3 rings (SSSR count). The number of hydrogen-bond donors (Lipinski definition) is 2. The van der Waals surface area contributed by atoms with Crippen molar-refractivity contribution in [1.29, 1.82) is 0 Å². The first-order valence-electron chi connectivity index (χ1n) is 10.4. The molecule has 0 unspecified atom stereocenters. The topological polar surface area (TPSA) is 55.8 Å². The first-order valence-corrected chi connectivity index (χ1v) is 10.4. The molecule has 0 amide bonds. The van der Waals surface area contributed by atoms with Gasteiger partial charge in [-0.2, -0.15) is 13.2 Å². The molecule has 0 saturated carbocycles. The van der Waals surface area contributed by atoms with Gasteiger partial charge in [-0.25, -0.2) is 4.99 Å². The molecule has 32 heavy (non-hydrogen) atoms. The lowest BCUT2D eigenvalue weighted by molar-refractivity contribution is -0.137. The van der Waals surface area contributed by atoms with Crippen LogP contribution in [-0.2, 0) is 19.3 Å². The van der Waals surface area contributed by atoms with Gasteiger partial charge in [-0.15, -0.1) is 24.0 Å². The molecule has 1 aromatic heterocycles. The molecule has 10 heteroatoms. The normalized spacial score (nSPS) is 15.3. The minimum Gasteiger partial charge on any atom is -0.369 e. The van der Waals surface area contributed by atoms with E-state index < -0.39 is 11.7 Å². The number of pyridine rings is 1. The summed E-state index contributed by atoms with van der Waals surface area (Å²) in [5.41, 5.74) is 1.58. The van der Waals surface area contributed by atoms with E-state index in [1.165, 1.54) is 6.07 Å². The maximum Gasteiger partial charge on any atom is 0.416 e. The van der Waals surface area contributed by atoms with Crippen molar-refractivity contribution in [2.45, 2.75) is 26.2 Å². The number of hydrogen-bond acceptors (Lipinski definition) is 4. The molecule has 2 N–H and O–H groups in total. The molecule has 0 spiro atoms. The number of aliphatic imine (C=N–C) groups is 1. The number of piperazine rings is 1. The summed E-state index contributed by atoms with van der Waals surface area (Å²) in [5.74, 6) is 0.537. The number of alkyl halides is 3. The van der Waals surface area contributed by atoms with Gasteiger partial charge in [0.25, 0.3) is 0 Å². The second-order valence-corrected chi connectivity index (χ2v) is 7.50. The Morgan fingerprint density at radius 1 is 1.09 bits per heavy atom. The Bertz CT molecular complexity index is 868. The van der Waals surface area contributed by atoms with Crippen LogP contribution in [0.4, 0.5) is 18.9 Å². The number of aromatic nitrogens is 1. The Labute approximate surface area is 204 Å². The van der Waals surface area contributed by atoms with Crippen LogP contribution >= 0.6 is 24.0 Å². The number of nitrogens with zero attached hydrogens (tertiary/aromatic N) is 4. The summed E-state index contributed by atoms with van der Waals surface area (Å²) >= 11 is 0. The van der Waals surface area contributed by atoms with Gasteiger partial charge in [0.2, 0.25) is 0 Å². The summed E-state index contributed by atoms with van der Waals surface area (Å²) in [7, 11) is 2.05. The van der Waals surface area contributed by atoms with E-state index >= 15 is 0 Å². The predicted octanol–water partition coefficient (Wildman–Crippen LogP) is 3.73. The molecule has 0 atom stereocenters. The zero-order valence-electron chi connectivity index (χ0n) is 18.3. The van der Waals surface area contributed by atoms with E-state index in [1.54, 1.807) is 12.3 Å². The molecule has 0 radical (unpaired) electrons. The molecule has 1 aliphatic rings. The van der Waals surface area contributed by atoms with E-state index in [4.69, 9.17) is 0 Å². The SMILES string of the molecule is CCNC(=NCc1cc(C(F)(F)F)ccc1N1CCN(C)CC1)NCc1ccccn1.I. The van der Waals surface area contributed by atoms with Crippen LogP contribution < -0.4 is 15.5 Å². The summed E-state index contributed by atoms with van der Waals surface area (Å²) in [4.78, 5) is 13.2. The highest BCUT2D eigenvalue weighted by Crippen LogP contribution is 2.33. The third-order valence-corrected chi connectivity index (χ3v) is 5.17. The summed E-state index contributed by atoms with van der Waals surface area (Å²) in [6.07, 6.45) is -2.67. The molecule has 1 saturated heterocycles. The molecule has 2 aromatic rings. The number of halogens is 4. The highest BCUT2D eigenvalue weighted by Gasteiger charge is 2.31. The van der Waals surface area contributed by atoms with E-state index in [0.29, 0.717) is 24.6 Å². The fourth-order valence-electron chi connectivity index (χ4n) is 3.43. The van der Waals surface area contributed by atoms with Crippen LogP contribution in [0.1, 0.15) is 23.7 Å². The number of benzene rings is 1. The Morgan fingerprint density at radius 3 is 2.47 bits per heavy atom. The Balaban J connectivity index is 0.00000363. The minimum absolute atomic E-state index is 0. The summed E-state index contributed by atoms with van der Waals surface area (Å²) in [6.45, 7) is 6.49. The number of likely N-dealkylation sites (N-methyl/N-ethyl adjacent to an activating group) is 1. The minimum atomic E-state index is -4.39. The molecule has 2 heterocycles. The van der Waals surface area contributed by atoms with Crippen LogP contribution in [0.2, 0.25) is 0 Å². The van der Waals surface area contributed by atoms with Gasteiger partial charge in [-0.05, 0) is 49.9 Å². The van der Waals surface area contributed by atoms with Gasteiger partial charge in [0.05, 0.1) is 24.3 Å². The van der Waals surface area contributed by atoms with Gasteiger partial charge >= 0.3 is 6.18 Å². The van der Waals surface area contributed by atoms with Gasteiger partial charge < -0.3 is 20.4 Å². The van der Waals surface area contributed by atoms with E-state index in [1.807, 2.05) is 32.2 Å². The Kier molecular flexibility index (Phi) is 10.0. The molecule has 176 valence electrons. The molecule has 6 nitrogen and oxygen atoms in total. The van der Waals surface area contributed by atoms with Crippen molar-refractivity contribution >= 4 is 35.6 Å². The molecule has 1 aliphatic heterocycles. The Morgan fingerprint density at radius 2 is 1.84 bits per heavy atom. The average molecular weight is 562 g/mol. The standard InChI is InChI=1S/C22H29F3N6.HI/c1-3-26-21(29-16-19-6-4-5-9-27-19)28-15-17-14-18(22(23,24)25)7-8-20(17)31-12-10-30(2)11-13-31;/h4-9,14H,3,10-13,15-16H2,1-2H3,(H2,26,28,29);1H. The van der Waals surface area contributed by atoms with Crippen LogP contribution in [-0.4, -0.2) is 55.6 Å². The molecule has 1 aromatic carbocycles. The maximum absolute atomic E-state index is 13.3. The lowest BCUT2D eigenvalue weighted by Crippen LogP contribution is -2.44. The highest BCUT2D eigenvalue weighted by molar-refractivity contribution is 14.0. The van der Waals surface area contributed by atoms with Crippen molar-refractivity contribution in [2.24, 2.45) is 4.99 Å². The Hall–Kier alpha value is -2.08. The van der Waals surface area contributed by atoms with Crippen LogP contribution in [0.25, 0.3) is 0 Å². The number of rotatable bonds is 6. The van der Waals surface area contributed by atoms with Crippen LogP contribution in [0, 0.1) is 0 Å². The fourth-order valence-corrected chi connectivity index (χ4v) is 3.43. The molecular weight excluding hydrogens is 532 g/mol. The summed E-state index contributed by atoms with van der Waals surface area (Å²) in [5, 5.41) is 6.33. The lowest BCUT2D eigenvalue weighted by Gasteiger charge is -2.35. The zero-order valence-corrected chi connectivity index (χ0v) is 20.7. The van der Waals surface area contributed by atoms with Crippen molar-refractivity contribution in [3.05, 3.63) is 59.4 Å². The monoisotopic (exact) mass is 562 g/mol. The van der Waals surface area contributed by atoms with E-state index in [2.05, 4.69) is 30.4 Å². The quantitative estimate of drug-likeness (QED) is 0.320. The third-order valence-electron chi connectivity index (χ3n) is 5.17. The number of nitrogens with one attached hydrogen (secondary N) is 2. The maximum atomic E-state index is 13.3. The molecular formula is C22H30F3IN6. The van der Waals surface area contributed by atoms with Gasteiger partial charge in [-0.3, -0.25) is 4.98 Å². The van der Waals surface area contributed by atoms with Gasteiger partial charge in [0, 0.05) is 44.6 Å². The van der Waals surface area contributed by atoms with Gasteiger partial charge in [0.15, 0.2) is 5.96 Å². The number of guanidine groups is 1. The van der Waals surface area contributed by atoms with E-state index in [0.717, 1.165) is 43.6 Å². The zero-order chi connectivity index (χ0) is 22.3. The van der Waals surface area contributed by atoms with Crippen LogP contribution in [0.3, 0.4) is 0 Å². The van der Waals surface area contributed by atoms with Crippen LogP contribution in [0.15, 0.2) is 47.6 Å². The van der Waals surface area contributed by atoms with Crippen molar-refractivity contribution < 1.29 is 13.2 Å². The van der Waals surface area contributed by atoms with Crippen molar-refractivity contribution in [3.63, 3.8) is 0 Å². The smallest absolute Gasteiger partial charge is 0.369 e. The van der Waals surface area contributed by atoms with Gasteiger partial charge in [-0.1, -0.05) is 6.07 Å². The number of anilines is 1. The van der Waals surface area contributed by atoms with Gasteiger partial charge in [0.1, 0.15) is 0 Å². The van der Waals surface area contributed by atoms with Crippen molar-refractivity contribution in [1.82, 2.24) is 20.5 Å². The highest BCUT2D eigenvalue weighted by atomic mass is 127. The van der Waals surface area contributed by atoms with Crippen molar-refractivity contribution in [3.8, 4) is 0 Å². The predicted molar refractivity (Wildman–Crippen MR) is 132 cm³/mol. The second kappa shape index (κ2) is 12.2.